The van der Waals surface area contributed by atoms with Crippen molar-refractivity contribution in [2.24, 2.45) is 5.10 Å². The molecule has 1 aromatic rings. The van der Waals surface area contributed by atoms with Crippen LogP contribution in [0, 0.1) is 0 Å². The van der Waals surface area contributed by atoms with Crippen LogP contribution in [0.2, 0.25) is 0 Å². The summed E-state index contributed by atoms with van der Waals surface area (Å²) < 4.78 is 21.7. The maximum atomic E-state index is 11.4. The summed E-state index contributed by atoms with van der Waals surface area (Å²) in [5.74, 6) is 0. The predicted octanol–water partition coefficient (Wildman–Crippen LogP) is 3.26. The van der Waals surface area contributed by atoms with E-state index in [9.17, 15) is 8.42 Å². The van der Waals surface area contributed by atoms with E-state index in [0.29, 0.717) is 15.8 Å². The van der Waals surface area contributed by atoms with Crippen molar-refractivity contribution in [1.29, 1.82) is 0 Å². The molecule has 0 heterocycles. The molecule has 0 aromatic heterocycles. The lowest BCUT2D eigenvalue weighted by Gasteiger charge is -2.18. The molecule has 1 rings (SSSR count). The van der Waals surface area contributed by atoms with Crippen LogP contribution in [0.25, 0.3) is 0 Å². The zero-order valence-electron chi connectivity index (χ0n) is 9.13. The normalized spacial score (nSPS) is 12.9. The van der Waals surface area contributed by atoms with E-state index in [1.54, 1.807) is 24.3 Å². The van der Waals surface area contributed by atoms with E-state index in [1.807, 2.05) is 6.07 Å². The van der Waals surface area contributed by atoms with E-state index >= 15 is 0 Å². The molecular weight excluding hydrogens is 339 g/mol. The van der Waals surface area contributed by atoms with E-state index in [4.69, 9.17) is 34.8 Å². The van der Waals surface area contributed by atoms with Gasteiger partial charge in [-0.3, -0.25) is 0 Å². The van der Waals surface area contributed by atoms with Crippen LogP contribution in [0.15, 0.2) is 35.4 Å². The third-order valence-corrected chi connectivity index (χ3v) is 4.34. The van der Waals surface area contributed by atoms with Crippen molar-refractivity contribution in [2.75, 3.05) is 6.26 Å². The van der Waals surface area contributed by atoms with Crippen molar-refractivity contribution in [2.45, 2.75) is 3.12 Å². The van der Waals surface area contributed by atoms with Gasteiger partial charge in [0.25, 0.3) is 13.1 Å². The van der Waals surface area contributed by atoms with Gasteiger partial charge < -0.3 is 0 Å². The first kappa shape index (κ1) is 15.9. The molecule has 0 aliphatic rings. The molecule has 100 valence electrons. The largest absolute Gasteiger partial charge is 0.258 e. The molecule has 18 heavy (non-hydrogen) atoms. The minimum Gasteiger partial charge on any atom is -0.204 e. The molecule has 0 saturated carbocycles. The second-order valence-corrected chi connectivity index (χ2v) is 9.30. The van der Waals surface area contributed by atoms with Crippen LogP contribution in [-0.4, -0.2) is 27.8 Å². The molecule has 0 fully saturated rings. The fourth-order valence-corrected chi connectivity index (χ4v) is 3.24. The van der Waals surface area contributed by atoms with Gasteiger partial charge in [0.1, 0.15) is 0 Å². The van der Waals surface area contributed by atoms with Crippen LogP contribution >= 0.6 is 46.8 Å². The van der Waals surface area contributed by atoms with Gasteiger partial charge in [-0.2, -0.15) is 5.10 Å². The van der Waals surface area contributed by atoms with Crippen molar-refractivity contribution in [1.82, 2.24) is 3.82 Å². The molecule has 0 unspecified atom stereocenters. The lowest BCUT2D eigenvalue weighted by Crippen LogP contribution is -2.21. The summed E-state index contributed by atoms with van der Waals surface area (Å²) in [5, 5.41) is 3.78. The summed E-state index contributed by atoms with van der Waals surface area (Å²) in [6.45, 7) is 0. The fraction of sp³-hybridized carbons (Fsp3) is 0.222. The highest BCUT2D eigenvalue weighted by molar-refractivity contribution is 8.11. The standard InChI is InChI=1S/C9H9Cl3N2O2S2/c1-18(15,16)14(17-9(10,11)12)13-7-8-5-3-2-4-6-8/h2-7H,1H3/b13-7+. The van der Waals surface area contributed by atoms with Gasteiger partial charge in [-0.15, -0.1) is 3.82 Å². The van der Waals surface area contributed by atoms with E-state index in [1.165, 1.54) is 6.21 Å². The highest BCUT2D eigenvalue weighted by atomic mass is 35.6. The van der Waals surface area contributed by atoms with Crippen molar-refractivity contribution in [3.63, 3.8) is 0 Å². The van der Waals surface area contributed by atoms with Gasteiger partial charge in [0.2, 0.25) is 0 Å². The quantitative estimate of drug-likeness (QED) is 0.363. The van der Waals surface area contributed by atoms with Crippen molar-refractivity contribution < 1.29 is 8.42 Å². The summed E-state index contributed by atoms with van der Waals surface area (Å²) in [7, 11) is -3.62. The number of halogens is 3. The topological polar surface area (TPSA) is 49.7 Å². The number of benzene rings is 1. The molecule has 0 aliphatic heterocycles. The van der Waals surface area contributed by atoms with Crippen LogP contribution < -0.4 is 0 Å². The molecule has 1 aromatic carbocycles. The Labute approximate surface area is 125 Å². The second-order valence-electron chi connectivity index (χ2n) is 3.16. The second kappa shape index (κ2) is 6.34. The highest BCUT2D eigenvalue weighted by Gasteiger charge is 2.29. The molecule has 0 saturated heterocycles. The lowest BCUT2D eigenvalue weighted by molar-refractivity contribution is 0.559. The molecule has 0 radical (unpaired) electrons. The van der Waals surface area contributed by atoms with E-state index < -0.39 is 13.1 Å². The molecule has 4 nitrogen and oxygen atoms in total. The first-order valence-electron chi connectivity index (χ1n) is 4.54. The van der Waals surface area contributed by atoms with Crippen molar-refractivity contribution >= 4 is 63.0 Å². The van der Waals surface area contributed by atoms with Crippen LogP contribution in [0.1, 0.15) is 5.56 Å². The van der Waals surface area contributed by atoms with Gasteiger partial charge in [-0.1, -0.05) is 65.1 Å². The Hall–Kier alpha value is -0.140. The van der Waals surface area contributed by atoms with Crippen molar-refractivity contribution in [3.8, 4) is 0 Å². The number of nitrogens with zero attached hydrogens (tertiary/aromatic N) is 2. The van der Waals surface area contributed by atoms with E-state index in [2.05, 4.69) is 5.10 Å². The molecule has 0 bridgehead atoms. The Bertz CT molecular complexity index is 514. The maximum Gasteiger partial charge on any atom is 0.258 e. The van der Waals surface area contributed by atoms with E-state index in [-0.39, 0.29) is 0 Å². The minimum absolute atomic E-state index is 0.472. The molecule has 0 N–H and O–H groups in total. The van der Waals surface area contributed by atoms with Crippen molar-refractivity contribution in [3.05, 3.63) is 35.9 Å². The number of hydrazone groups is 1. The summed E-state index contributed by atoms with van der Waals surface area (Å²) in [5.41, 5.74) is 0.732. The van der Waals surface area contributed by atoms with Gasteiger partial charge in [0, 0.05) is 11.9 Å². The maximum absolute atomic E-state index is 11.4. The minimum atomic E-state index is -3.62. The van der Waals surface area contributed by atoms with Gasteiger partial charge in [-0.25, -0.2) is 8.42 Å². The summed E-state index contributed by atoms with van der Waals surface area (Å²) in [6, 6.07) is 8.97. The monoisotopic (exact) mass is 346 g/mol. The number of sulfonamides is 1. The molecule has 0 atom stereocenters. The first-order valence-corrected chi connectivity index (χ1v) is 8.29. The van der Waals surface area contributed by atoms with Gasteiger partial charge in [-0.05, 0) is 5.56 Å². The Kier molecular flexibility index (Phi) is 5.61. The summed E-state index contributed by atoms with van der Waals surface area (Å²) in [6.07, 6.45) is 2.34. The molecule has 0 aliphatic carbocycles. The van der Waals surface area contributed by atoms with E-state index in [0.717, 1.165) is 11.8 Å². The Morgan fingerprint density at radius 2 is 1.83 bits per heavy atom. The Morgan fingerprint density at radius 1 is 1.28 bits per heavy atom. The summed E-state index contributed by atoms with van der Waals surface area (Å²) >= 11 is 17.1. The number of rotatable bonds is 4. The zero-order chi connectivity index (χ0) is 13.8. The summed E-state index contributed by atoms with van der Waals surface area (Å²) in [4.78, 5) is 0. The Balaban J connectivity index is 2.90. The van der Waals surface area contributed by atoms with Gasteiger partial charge in [0.05, 0.1) is 12.5 Å². The van der Waals surface area contributed by atoms with Gasteiger partial charge in [0.15, 0.2) is 0 Å². The smallest absolute Gasteiger partial charge is 0.204 e. The van der Waals surface area contributed by atoms with Crippen LogP contribution in [-0.2, 0) is 10.0 Å². The average Bonchev–Trinajstić information content (AvgIpc) is 2.22. The molecule has 0 spiro atoms. The van der Waals surface area contributed by atoms with Crippen LogP contribution in [0.3, 0.4) is 0 Å². The zero-order valence-corrected chi connectivity index (χ0v) is 13.0. The van der Waals surface area contributed by atoms with Crippen LogP contribution in [0.4, 0.5) is 0 Å². The van der Waals surface area contributed by atoms with Crippen LogP contribution in [0.5, 0.6) is 0 Å². The fourth-order valence-electron chi connectivity index (χ4n) is 0.918. The third kappa shape index (κ3) is 6.15. The first-order chi connectivity index (χ1) is 8.18. The lowest BCUT2D eigenvalue weighted by atomic mass is 10.2. The number of alkyl halides is 3. The predicted molar refractivity (Wildman–Crippen MR) is 78.6 cm³/mol. The van der Waals surface area contributed by atoms with Gasteiger partial charge >= 0.3 is 0 Å². The molecule has 9 heteroatoms. The average molecular weight is 348 g/mol. The SMILES string of the molecule is CS(=O)(=O)N(/N=C/c1ccccc1)SC(Cl)(Cl)Cl. The highest BCUT2D eigenvalue weighted by Crippen LogP contribution is 2.42. The Morgan fingerprint density at radius 3 is 2.28 bits per heavy atom. The number of hydrogen-bond acceptors (Lipinski definition) is 4. The third-order valence-electron chi connectivity index (χ3n) is 1.57. The number of hydrogen-bond donors (Lipinski definition) is 0. The molecular formula is C9H9Cl3N2O2S2. The molecule has 0 amide bonds.